The minimum atomic E-state index is -0.00685. The van der Waals surface area contributed by atoms with Crippen molar-refractivity contribution in [1.82, 2.24) is 4.57 Å². The van der Waals surface area contributed by atoms with E-state index in [2.05, 4.69) is 53.4 Å². The summed E-state index contributed by atoms with van der Waals surface area (Å²) in [4.78, 5) is 13.0. The van der Waals surface area contributed by atoms with Gasteiger partial charge in [-0.2, -0.15) is 0 Å². The normalized spacial score (nSPS) is 15.3. The Balaban J connectivity index is 1.63. The number of nitrogens with one attached hydrogen (secondary N) is 1. The van der Waals surface area contributed by atoms with E-state index in [1.54, 1.807) is 11.3 Å². The van der Waals surface area contributed by atoms with Crippen LogP contribution >= 0.6 is 11.3 Å². The molecule has 0 atom stereocenters. The molecule has 2 heterocycles. The van der Waals surface area contributed by atoms with Crippen molar-refractivity contribution in [3.8, 4) is 0 Å². The zero-order valence-electron chi connectivity index (χ0n) is 14.8. The second-order valence-electron chi connectivity index (χ2n) is 7.24. The average molecular weight is 353 g/mol. The first-order chi connectivity index (χ1) is 12.1. The molecule has 0 saturated heterocycles. The summed E-state index contributed by atoms with van der Waals surface area (Å²) in [7, 11) is 0. The molecule has 1 saturated carbocycles. The SMILES string of the molecule is CC(C)c1ccc(NC(=O)c2cc3sccc3n2C2CCCC2)cc1. The van der Waals surface area contributed by atoms with Crippen molar-refractivity contribution < 1.29 is 4.79 Å². The van der Waals surface area contributed by atoms with Gasteiger partial charge in [0.1, 0.15) is 5.69 Å². The van der Waals surface area contributed by atoms with E-state index in [1.807, 2.05) is 12.1 Å². The third kappa shape index (κ3) is 3.11. The van der Waals surface area contributed by atoms with Gasteiger partial charge in [-0.15, -0.1) is 11.3 Å². The topological polar surface area (TPSA) is 34.0 Å². The van der Waals surface area contributed by atoms with Crippen LogP contribution in [0.15, 0.2) is 41.8 Å². The standard InChI is InChI=1S/C21H24N2OS/c1-14(2)15-7-9-16(10-8-15)22-21(24)19-13-20-18(11-12-25-20)23(19)17-5-3-4-6-17/h7-14,17H,3-6H2,1-2H3,(H,22,24). The Kier molecular flexibility index (Phi) is 4.38. The number of carbonyl (C=O) groups is 1. The molecule has 0 bridgehead atoms. The van der Waals surface area contributed by atoms with Crippen LogP contribution in [-0.2, 0) is 0 Å². The average Bonchev–Trinajstić information content (AvgIpc) is 3.31. The number of anilines is 1. The Hall–Kier alpha value is -2.07. The third-order valence-corrected chi connectivity index (χ3v) is 6.07. The second kappa shape index (κ2) is 6.68. The van der Waals surface area contributed by atoms with Crippen LogP contribution in [-0.4, -0.2) is 10.5 Å². The maximum atomic E-state index is 13.0. The Bertz CT molecular complexity index is 882. The quantitative estimate of drug-likeness (QED) is 0.596. The highest BCUT2D eigenvalue weighted by Crippen LogP contribution is 2.36. The van der Waals surface area contributed by atoms with E-state index < -0.39 is 0 Å². The van der Waals surface area contributed by atoms with Crippen molar-refractivity contribution in [3.05, 3.63) is 53.0 Å². The first-order valence-electron chi connectivity index (χ1n) is 9.13. The van der Waals surface area contributed by atoms with Crippen LogP contribution in [0.3, 0.4) is 0 Å². The summed E-state index contributed by atoms with van der Waals surface area (Å²) in [5.41, 5.74) is 4.14. The summed E-state index contributed by atoms with van der Waals surface area (Å²) in [6, 6.07) is 12.8. The number of fused-ring (bicyclic) bond motifs is 1. The molecule has 1 amide bonds. The van der Waals surface area contributed by atoms with Gasteiger partial charge in [-0.05, 0) is 54.0 Å². The molecule has 2 aromatic heterocycles. The summed E-state index contributed by atoms with van der Waals surface area (Å²) in [6.07, 6.45) is 4.85. The van der Waals surface area contributed by atoms with Crippen LogP contribution in [0.5, 0.6) is 0 Å². The van der Waals surface area contributed by atoms with E-state index in [9.17, 15) is 4.79 Å². The van der Waals surface area contributed by atoms with Crippen LogP contribution in [0.1, 0.15) is 67.5 Å². The molecule has 1 fully saturated rings. The van der Waals surface area contributed by atoms with Crippen molar-refractivity contribution in [1.29, 1.82) is 0 Å². The lowest BCUT2D eigenvalue weighted by Crippen LogP contribution is -2.19. The minimum Gasteiger partial charge on any atom is -0.333 e. The number of amides is 1. The predicted molar refractivity (Wildman–Crippen MR) is 106 cm³/mol. The molecule has 25 heavy (non-hydrogen) atoms. The number of nitrogens with zero attached hydrogens (tertiary/aromatic N) is 1. The number of benzene rings is 1. The fourth-order valence-corrected chi connectivity index (χ4v) is 4.63. The van der Waals surface area contributed by atoms with Crippen LogP contribution in [0.2, 0.25) is 0 Å². The smallest absolute Gasteiger partial charge is 0.272 e. The number of hydrogen-bond donors (Lipinski definition) is 1. The Labute approximate surface area is 152 Å². The highest BCUT2D eigenvalue weighted by atomic mass is 32.1. The predicted octanol–water partition coefficient (Wildman–Crippen LogP) is 6.19. The highest BCUT2D eigenvalue weighted by molar-refractivity contribution is 7.17. The van der Waals surface area contributed by atoms with E-state index in [0.717, 1.165) is 11.4 Å². The van der Waals surface area contributed by atoms with E-state index in [-0.39, 0.29) is 5.91 Å². The molecule has 4 rings (SSSR count). The van der Waals surface area contributed by atoms with Crippen LogP contribution in [0.4, 0.5) is 5.69 Å². The largest absolute Gasteiger partial charge is 0.333 e. The van der Waals surface area contributed by atoms with E-state index in [1.165, 1.54) is 41.5 Å². The van der Waals surface area contributed by atoms with Crippen LogP contribution in [0, 0.1) is 0 Å². The number of aromatic nitrogens is 1. The maximum absolute atomic E-state index is 13.0. The summed E-state index contributed by atoms with van der Waals surface area (Å²) in [6.45, 7) is 4.35. The van der Waals surface area contributed by atoms with E-state index in [0.29, 0.717) is 12.0 Å². The number of thiophene rings is 1. The summed E-state index contributed by atoms with van der Waals surface area (Å²) >= 11 is 1.71. The molecule has 3 aromatic rings. The molecule has 130 valence electrons. The minimum absolute atomic E-state index is 0.00685. The van der Waals surface area contributed by atoms with Crippen molar-refractivity contribution in [2.24, 2.45) is 0 Å². The molecule has 1 aromatic carbocycles. The van der Waals surface area contributed by atoms with Crippen LogP contribution < -0.4 is 5.32 Å². The Morgan fingerprint density at radius 1 is 1.16 bits per heavy atom. The van der Waals surface area contributed by atoms with Gasteiger partial charge in [0.25, 0.3) is 5.91 Å². The van der Waals surface area contributed by atoms with Gasteiger partial charge in [0, 0.05) is 11.7 Å². The molecular weight excluding hydrogens is 328 g/mol. The Morgan fingerprint density at radius 3 is 2.56 bits per heavy atom. The van der Waals surface area contributed by atoms with Gasteiger partial charge in [0.15, 0.2) is 0 Å². The third-order valence-electron chi connectivity index (χ3n) is 5.22. The van der Waals surface area contributed by atoms with Crippen molar-refractivity contribution in [2.75, 3.05) is 5.32 Å². The first kappa shape index (κ1) is 16.4. The fourth-order valence-electron chi connectivity index (χ4n) is 3.82. The summed E-state index contributed by atoms with van der Waals surface area (Å²) < 4.78 is 3.48. The van der Waals surface area contributed by atoms with Gasteiger partial charge in [-0.1, -0.05) is 38.8 Å². The number of rotatable bonds is 4. The lowest BCUT2D eigenvalue weighted by Gasteiger charge is -2.17. The molecule has 3 nitrogen and oxygen atoms in total. The monoisotopic (exact) mass is 352 g/mol. The van der Waals surface area contributed by atoms with E-state index >= 15 is 0 Å². The van der Waals surface area contributed by atoms with Crippen molar-refractivity contribution in [2.45, 2.75) is 51.5 Å². The maximum Gasteiger partial charge on any atom is 0.272 e. The summed E-state index contributed by atoms with van der Waals surface area (Å²) in [5.74, 6) is 0.490. The number of carbonyl (C=O) groups excluding carboxylic acids is 1. The fraction of sp³-hybridized carbons (Fsp3) is 0.381. The number of hydrogen-bond acceptors (Lipinski definition) is 2. The lowest BCUT2D eigenvalue weighted by atomic mass is 10.0. The van der Waals surface area contributed by atoms with Gasteiger partial charge >= 0.3 is 0 Å². The van der Waals surface area contributed by atoms with Crippen molar-refractivity contribution in [3.63, 3.8) is 0 Å². The molecule has 4 heteroatoms. The molecule has 1 N–H and O–H groups in total. The Morgan fingerprint density at radius 2 is 1.88 bits per heavy atom. The van der Waals surface area contributed by atoms with Gasteiger partial charge in [0.05, 0.1) is 10.2 Å². The molecule has 0 spiro atoms. The summed E-state index contributed by atoms with van der Waals surface area (Å²) in [5, 5.41) is 5.20. The molecule has 0 radical (unpaired) electrons. The van der Waals surface area contributed by atoms with Gasteiger partial charge in [-0.3, -0.25) is 4.79 Å². The molecule has 0 unspecified atom stereocenters. The zero-order valence-corrected chi connectivity index (χ0v) is 15.6. The van der Waals surface area contributed by atoms with Gasteiger partial charge in [-0.25, -0.2) is 0 Å². The van der Waals surface area contributed by atoms with Gasteiger partial charge in [0.2, 0.25) is 0 Å². The van der Waals surface area contributed by atoms with Gasteiger partial charge < -0.3 is 9.88 Å². The van der Waals surface area contributed by atoms with E-state index in [4.69, 9.17) is 0 Å². The molecule has 1 aliphatic rings. The first-order valence-corrected chi connectivity index (χ1v) is 10.0. The van der Waals surface area contributed by atoms with Crippen molar-refractivity contribution >= 4 is 33.1 Å². The second-order valence-corrected chi connectivity index (χ2v) is 8.19. The highest BCUT2D eigenvalue weighted by Gasteiger charge is 2.25. The lowest BCUT2D eigenvalue weighted by molar-refractivity contribution is 0.101. The molecular formula is C21H24N2OS. The van der Waals surface area contributed by atoms with Crippen LogP contribution in [0.25, 0.3) is 10.2 Å². The molecule has 0 aliphatic heterocycles. The zero-order chi connectivity index (χ0) is 17.4. The molecule has 1 aliphatic carbocycles.